The summed E-state index contributed by atoms with van der Waals surface area (Å²) < 4.78 is 6.95. The SMILES string of the molecule is Cc1c(C(=O)Nc2ccc(N3CCOCC3)nc2)c(C)n(C)c1C(=O)C(=O)NC(C)(C)C. The molecule has 2 amide bonds. The van der Waals surface area contributed by atoms with Crippen LogP contribution in [0.2, 0.25) is 0 Å². The van der Waals surface area contributed by atoms with Crippen molar-refractivity contribution in [3.05, 3.63) is 40.8 Å². The predicted molar refractivity (Wildman–Crippen MR) is 122 cm³/mol. The number of amides is 2. The van der Waals surface area contributed by atoms with Crippen LogP contribution in [0.1, 0.15) is 52.9 Å². The van der Waals surface area contributed by atoms with Crippen molar-refractivity contribution in [2.45, 2.75) is 40.2 Å². The van der Waals surface area contributed by atoms with Gasteiger partial charge < -0.3 is 24.8 Å². The molecule has 0 unspecified atom stereocenters. The Hall–Kier alpha value is -3.20. The van der Waals surface area contributed by atoms with Gasteiger partial charge in [-0.25, -0.2) is 4.98 Å². The number of carbonyl (C=O) groups excluding carboxylic acids is 3. The number of carbonyl (C=O) groups is 3. The first kappa shape index (κ1) is 23.5. The molecule has 2 aromatic heterocycles. The fourth-order valence-electron chi connectivity index (χ4n) is 3.77. The maximum absolute atomic E-state index is 13.0. The maximum Gasteiger partial charge on any atom is 0.294 e. The number of rotatable bonds is 5. The second kappa shape index (κ2) is 9.12. The molecule has 1 aliphatic heterocycles. The Bertz CT molecular complexity index is 1030. The number of aromatic nitrogens is 2. The minimum atomic E-state index is -0.698. The Labute approximate surface area is 188 Å². The van der Waals surface area contributed by atoms with Crippen LogP contribution in [0, 0.1) is 13.8 Å². The summed E-state index contributed by atoms with van der Waals surface area (Å²) in [7, 11) is 1.68. The number of anilines is 2. The highest BCUT2D eigenvalue weighted by Crippen LogP contribution is 2.24. The molecule has 1 fully saturated rings. The number of morpholine rings is 1. The molecule has 0 spiro atoms. The van der Waals surface area contributed by atoms with Gasteiger partial charge in [0.2, 0.25) is 0 Å². The lowest BCUT2D eigenvalue weighted by Crippen LogP contribution is -2.44. The molecule has 0 aromatic carbocycles. The number of ketones is 1. The van der Waals surface area contributed by atoms with Crippen molar-refractivity contribution in [3.8, 4) is 0 Å². The molecule has 0 bridgehead atoms. The average Bonchev–Trinajstić information content (AvgIpc) is 2.95. The number of nitrogens with zero attached hydrogens (tertiary/aromatic N) is 3. The van der Waals surface area contributed by atoms with Crippen molar-refractivity contribution in [2.75, 3.05) is 36.5 Å². The zero-order valence-corrected chi connectivity index (χ0v) is 19.5. The summed E-state index contributed by atoms with van der Waals surface area (Å²) in [5.41, 5.74) is 1.65. The largest absolute Gasteiger partial charge is 0.378 e. The molecule has 0 atom stereocenters. The molecule has 0 saturated carbocycles. The molecule has 172 valence electrons. The minimum Gasteiger partial charge on any atom is -0.378 e. The summed E-state index contributed by atoms with van der Waals surface area (Å²) in [4.78, 5) is 44.8. The Balaban J connectivity index is 1.79. The first-order chi connectivity index (χ1) is 15.0. The van der Waals surface area contributed by atoms with Crippen LogP contribution in [0.15, 0.2) is 18.3 Å². The Kier molecular flexibility index (Phi) is 6.68. The summed E-state index contributed by atoms with van der Waals surface area (Å²) in [6, 6.07) is 3.66. The van der Waals surface area contributed by atoms with E-state index < -0.39 is 17.2 Å². The molecule has 9 nitrogen and oxygen atoms in total. The summed E-state index contributed by atoms with van der Waals surface area (Å²) in [5, 5.41) is 5.53. The second-order valence-corrected chi connectivity index (χ2v) is 8.98. The van der Waals surface area contributed by atoms with Crippen molar-refractivity contribution < 1.29 is 19.1 Å². The van der Waals surface area contributed by atoms with Gasteiger partial charge >= 0.3 is 0 Å². The first-order valence-corrected chi connectivity index (χ1v) is 10.6. The number of pyridine rings is 1. The molecular weight excluding hydrogens is 410 g/mol. The molecular formula is C23H31N5O4. The topological polar surface area (TPSA) is 106 Å². The number of hydrogen-bond acceptors (Lipinski definition) is 6. The highest BCUT2D eigenvalue weighted by atomic mass is 16.5. The van der Waals surface area contributed by atoms with Gasteiger partial charge in [-0.2, -0.15) is 0 Å². The van der Waals surface area contributed by atoms with Crippen LogP contribution in [0.4, 0.5) is 11.5 Å². The van der Waals surface area contributed by atoms with E-state index in [1.54, 1.807) is 58.5 Å². The molecule has 1 aliphatic rings. The smallest absolute Gasteiger partial charge is 0.294 e. The molecule has 3 rings (SSSR count). The third-order valence-electron chi connectivity index (χ3n) is 5.41. The van der Waals surface area contributed by atoms with Gasteiger partial charge in [0, 0.05) is 31.4 Å². The average molecular weight is 442 g/mol. The Morgan fingerprint density at radius 3 is 2.31 bits per heavy atom. The second-order valence-electron chi connectivity index (χ2n) is 8.98. The van der Waals surface area contributed by atoms with Gasteiger partial charge in [-0.1, -0.05) is 0 Å². The highest BCUT2D eigenvalue weighted by molar-refractivity contribution is 6.43. The summed E-state index contributed by atoms with van der Waals surface area (Å²) >= 11 is 0. The lowest BCUT2D eigenvalue weighted by molar-refractivity contribution is -0.118. The van der Waals surface area contributed by atoms with Gasteiger partial charge in [0.15, 0.2) is 0 Å². The van der Waals surface area contributed by atoms with Gasteiger partial charge in [-0.05, 0) is 52.3 Å². The number of nitrogens with one attached hydrogen (secondary N) is 2. The molecule has 32 heavy (non-hydrogen) atoms. The molecule has 2 N–H and O–H groups in total. The summed E-state index contributed by atoms with van der Waals surface area (Å²) in [6.45, 7) is 11.7. The number of Topliss-reactive ketones (excluding diaryl/α,β-unsaturated/α-hetero) is 1. The molecule has 1 saturated heterocycles. The van der Waals surface area contributed by atoms with Crippen LogP contribution in [0.5, 0.6) is 0 Å². The zero-order chi connectivity index (χ0) is 23.6. The van der Waals surface area contributed by atoms with Crippen molar-refractivity contribution in [2.24, 2.45) is 7.05 Å². The predicted octanol–water partition coefficient (Wildman–Crippen LogP) is 2.22. The Morgan fingerprint density at radius 1 is 1.09 bits per heavy atom. The minimum absolute atomic E-state index is 0.204. The van der Waals surface area contributed by atoms with Crippen molar-refractivity contribution >= 4 is 29.1 Å². The molecule has 3 heterocycles. The Morgan fingerprint density at radius 2 is 1.75 bits per heavy atom. The van der Waals surface area contributed by atoms with Crippen molar-refractivity contribution in [1.29, 1.82) is 0 Å². The normalized spacial score (nSPS) is 14.2. The third-order valence-corrected chi connectivity index (χ3v) is 5.41. The van der Waals surface area contributed by atoms with Crippen LogP contribution in [-0.2, 0) is 16.6 Å². The fraction of sp³-hybridized carbons (Fsp3) is 0.478. The quantitative estimate of drug-likeness (QED) is 0.545. The highest BCUT2D eigenvalue weighted by Gasteiger charge is 2.30. The van der Waals surface area contributed by atoms with Crippen LogP contribution in [0.3, 0.4) is 0 Å². The standard InChI is InChI=1S/C23H31N5O4/c1-14-18(15(2)27(6)19(14)20(29)22(31)26-23(3,4)5)21(30)25-16-7-8-17(24-13-16)28-9-11-32-12-10-28/h7-8,13H,9-12H2,1-6H3,(H,25,30)(H,26,31). The van der Waals surface area contributed by atoms with E-state index in [1.807, 2.05) is 6.07 Å². The fourth-order valence-corrected chi connectivity index (χ4v) is 3.77. The molecule has 0 aliphatic carbocycles. The number of ether oxygens (including phenoxy) is 1. The lowest BCUT2D eigenvalue weighted by Gasteiger charge is -2.27. The van der Waals surface area contributed by atoms with Crippen molar-refractivity contribution in [1.82, 2.24) is 14.9 Å². The van der Waals surface area contributed by atoms with E-state index in [9.17, 15) is 14.4 Å². The van der Waals surface area contributed by atoms with Crippen LogP contribution in [-0.4, -0.2) is 59.0 Å². The molecule has 0 radical (unpaired) electrons. The zero-order valence-electron chi connectivity index (χ0n) is 19.5. The van der Waals surface area contributed by atoms with Gasteiger partial charge in [-0.3, -0.25) is 14.4 Å². The van der Waals surface area contributed by atoms with E-state index in [4.69, 9.17) is 4.74 Å². The lowest BCUT2D eigenvalue weighted by atomic mass is 10.1. The summed E-state index contributed by atoms with van der Waals surface area (Å²) in [5.74, 6) is -0.891. The van der Waals surface area contributed by atoms with E-state index in [2.05, 4.69) is 20.5 Å². The van der Waals surface area contributed by atoms with Gasteiger partial charge in [0.1, 0.15) is 5.82 Å². The van der Waals surface area contributed by atoms with Crippen LogP contribution in [0.25, 0.3) is 0 Å². The summed E-state index contributed by atoms with van der Waals surface area (Å²) in [6.07, 6.45) is 1.61. The first-order valence-electron chi connectivity index (χ1n) is 10.6. The van der Waals surface area contributed by atoms with Crippen LogP contribution >= 0.6 is 0 Å². The number of hydrogen-bond donors (Lipinski definition) is 2. The molecule has 9 heteroatoms. The van der Waals surface area contributed by atoms with E-state index in [0.29, 0.717) is 35.7 Å². The van der Waals surface area contributed by atoms with E-state index in [-0.39, 0.29) is 11.6 Å². The monoisotopic (exact) mass is 441 g/mol. The van der Waals surface area contributed by atoms with E-state index >= 15 is 0 Å². The van der Waals surface area contributed by atoms with Crippen molar-refractivity contribution in [3.63, 3.8) is 0 Å². The van der Waals surface area contributed by atoms with Gasteiger partial charge in [0.25, 0.3) is 17.6 Å². The van der Waals surface area contributed by atoms with Gasteiger partial charge in [-0.15, -0.1) is 0 Å². The van der Waals surface area contributed by atoms with Crippen LogP contribution < -0.4 is 15.5 Å². The molecule has 2 aromatic rings. The third kappa shape index (κ3) is 4.99. The van der Waals surface area contributed by atoms with E-state index in [1.165, 1.54) is 0 Å². The maximum atomic E-state index is 13.0. The van der Waals surface area contributed by atoms with E-state index in [0.717, 1.165) is 18.9 Å². The van der Waals surface area contributed by atoms with Gasteiger partial charge in [0.05, 0.1) is 36.4 Å².